The zero-order valence-electron chi connectivity index (χ0n) is 15.2. The number of ether oxygens (including phenoxy) is 1. The Labute approximate surface area is 163 Å². The van der Waals surface area contributed by atoms with E-state index in [1.54, 1.807) is 4.90 Å². The van der Waals surface area contributed by atoms with Crippen molar-refractivity contribution in [1.82, 2.24) is 4.98 Å². The number of benzene rings is 1. The lowest BCUT2D eigenvalue weighted by atomic mass is 10.1. The lowest BCUT2D eigenvalue weighted by Crippen LogP contribution is -2.23. The Morgan fingerprint density at radius 2 is 1.96 bits per heavy atom. The fourth-order valence-electron chi connectivity index (χ4n) is 2.77. The summed E-state index contributed by atoms with van der Waals surface area (Å²) in [6.45, 7) is 4.36. The number of nitrogens with one attached hydrogen (secondary N) is 1. The average molecular weight is 413 g/mol. The van der Waals surface area contributed by atoms with Crippen LogP contribution in [0.3, 0.4) is 0 Å². The highest BCUT2D eigenvalue weighted by Gasteiger charge is 2.31. The number of nitrogens with zero attached hydrogens (tertiary/aromatic N) is 2. The van der Waals surface area contributed by atoms with E-state index in [4.69, 9.17) is 0 Å². The number of aromatic nitrogens is 1. The van der Waals surface area contributed by atoms with E-state index in [2.05, 4.69) is 15.0 Å². The summed E-state index contributed by atoms with van der Waals surface area (Å²) in [6.07, 6.45) is -3.56. The molecule has 1 fully saturated rings. The first-order valence-electron chi connectivity index (χ1n) is 8.62. The zero-order valence-corrected chi connectivity index (χ0v) is 16.0. The van der Waals surface area contributed by atoms with Gasteiger partial charge in [0.1, 0.15) is 10.6 Å². The third kappa shape index (κ3) is 4.61. The van der Waals surface area contributed by atoms with E-state index in [0.29, 0.717) is 34.4 Å². The van der Waals surface area contributed by atoms with Crippen LogP contribution in [-0.2, 0) is 4.79 Å². The van der Waals surface area contributed by atoms with Gasteiger partial charge in [0.2, 0.25) is 5.91 Å². The van der Waals surface area contributed by atoms with Crippen molar-refractivity contribution in [3.05, 3.63) is 34.8 Å². The number of hydrogen-bond donors (Lipinski definition) is 1. The van der Waals surface area contributed by atoms with Crippen LogP contribution in [0.15, 0.2) is 24.3 Å². The Kier molecular flexibility index (Phi) is 5.59. The standard InChI is InChI=1S/C18H18F3N3O3S/c1-10(2)14-15(28-17(23-14)24-9-3-4-13(24)25)16(26)22-11-5-7-12(8-6-11)27-18(19,20)21/h5-8,10H,3-4,9H2,1-2H3,(H,22,26). The quantitative estimate of drug-likeness (QED) is 0.781. The number of carbonyl (C=O) groups excluding carboxylic acids is 2. The van der Waals surface area contributed by atoms with Crippen molar-refractivity contribution in [2.45, 2.75) is 39.0 Å². The van der Waals surface area contributed by atoms with Gasteiger partial charge < -0.3 is 10.1 Å². The lowest BCUT2D eigenvalue weighted by Gasteiger charge is -2.10. The monoisotopic (exact) mass is 413 g/mol. The number of hydrogen-bond acceptors (Lipinski definition) is 5. The van der Waals surface area contributed by atoms with Gasteiger partial charge in [-0.3, -0.25) is 14.5 Å². The summed E-state index contributed by atoms with van der Waals surface area (Å²) in [6, 6.07) is 4.88. The molecule has 0 unspecified atom stereocenters. The smallest absolute Gasteiger partial charge is 0.406 e. The molecule has 2 aromatic rings. The van der Waals surface area contributed by atoms with Gasteiger partial charge in [-0.15, -0.1) is 13.2 Å². The molecule has 0 aliphatic carbocycles. The summed E-state index contributed by atoms with van der Waals surface area (Å²) >= 11 is 1.14. The molecule has 0 spiro atoms. The first-order valence-corrected chi connectivity index (χ1v) is 9.44. The van der Waals surface area contributed by atoms with Gasteiger partial charge >= 0.3 is 6.36 Å². The summed E-state index contributed by atoms with van der Waals surface area (Å²) in [5.74, 6) is -0.855. The first-order chi connectivity index (χ1) is 13.1. The number of carbonyl (C=O) groups is 2. The second kappa shape index (κ2) is 7.78. The van der Waals surface area contributed by atoms with Crippen molar-refractivity contribution in [1.29, 1.82) is 0 Å². The van der Waals surface area contributed by atoms with Gasteiger partial charge in [0, 0.05) is 18.7 Å². The van der Waals surface area contributed by atoms with Gasteiger partial charge in [-0.1, -0.05) is 25.2 Å². The normalized spacial score (nSPS) is 14.6. The third-order valence-electron chi connectivity index (χ3n) is 4.05. The van der Waals surface area contributed by atoms with E-state index >= 15 is 0 Å². The van der Waals surface area contributed by atoms with Gasteiger partial charge in [-0.25, -0.2) is 4.98 Å². The SMILES string of the molecule is CC(C)c1nc(N2CCCC2=O)sc1C(=O)Nc1ccc(OC(F)(F)F)cc1. The summed E-state index contributed by atoms with van der Waals surface area (Å²) < 4.78 is 40.5. The fourth-order valence-corrected chi connectivity index (χ4v) is 3.93. The van der Waals surface area contributed by atoms with Crippen molar-refractivity contribution in [3.63, 3.8) is 0 Å². The van der Waals surface area contributed by atoms with Crippen LogP contribution in [0.4, 0.5) is 24.0 Å². The van der Waals surface area contributed by atoms with Crippen LogP contribution in [0.5, 0.6) is 5.75 Å². The fraction of sp³-hybridized carbons (Fsp3) is 0.389. The predicted octanol–water partition coefficient (Wildman–Crippen LogP) is 4.54. The molecule has 1 aromatic carbocycles. The van der Waals surface area contributed by atoms with Crippen LogP contribution in [0.25, 0.3) is 0 Å². The number of anilines is 2. The number of alkyl halides is 3. The minimum atomic E-state index is -4.77. The summed E-state index contributed by atoms with van der Waals surface area (Å²) in [5.41, 5.74) is 0.899. The highest BCUT2D eigenvalue weighted by Crippen LogP contribution is 2.33. The Hall–Kier alpha value is -2.62. The van der Waals surface area contributed by atoms with E-state index < -0.39 is 12.3 Å². The summed E-state index contributed by atoms with van der Waals surface area (Å²) in [7, 11) is 0. The van der Waals surface area contributed by atoms with E-state index in [0.717, 1.165) is 29.9 Å². The number of amides is 2. The summed E-state index contributed by atoms with van der Waals surface area (Å²) in [5, 5.41) is 3.14. The Bertz CT molecular complexity index is 878. The predicted molar refractivity (Wildman–Crippen MR) is 98.9 cm³/mol. The highest BCUT2D eigenvalue weighted by molar-refractivity contribution is 7.18. The summed E-state index contributed by atoms with van der Waals surface area (Å²) in [4.78, 5) is 31.1. The molecule has 0 radical (unpaired) electrons. The first kappa shape index (κ1) is 20.1. The van der Waals surface area contributed by atoms with Gasteiger partial charge in [-0.05, 0) is 36.6 Å². The highest BCUT2D eigenvalue weighted by atomic mass is 32.1. The maximum Gasteiger partial charge on any atom is 0.573 e. The molecule has 2 amide bonds. The molecule has 150 valence electrons. The van der Waals surface area contributed by atoms with Gasteiger partial charge in [0.25, 0.3) is 5.91 Å². The molecule has 28 heavy (non-hydrogen) atoms. The number of rotatable bonds is 5. The van der Waals surface area contributed by atoms with Gasteiger partial charge in [0.05, 0.1) is 5.69 Å². The largest absolute Gasteiger partial charge is 0.573 e. The van der Waals surface area contributed by atoms with Crippen LogP contribution in [0.2, 0.25) is 0 Å². The second-order valence-electron chi connectivity index (χ2n) is 6.54. The third-order valence-corrected chi connectivity index (χ3v) is 5.14. The molecule has 10 heteroatoms. The molecule has 0 atom stereocenters. The molecule has 0 saturated carbocycles. The maximum absolute atomic E-state index is 12.7. The number of thiazole rings is 1. The molecule has 1 aliphatic heterocycles. The van der Waals surface area contributed by atoms with E-state index in [9.17, 15) is 22.8 Å². The Morgan fingerprint density at radius 3 is 2.50 bits per heavy atom. The van der Waals surface area contributed by atoms with Crippen molar-refractivity contribution in [3.8, 4) is 5.75 Å². The van der Waals surface area contributed by atoms with Crippen molar-refractivity contribution >= 4 is 34.0 Å². The lowest BCUT2D eigenvalue weighted by molar-refractivity contribution is -0.274. The Balaban J connectivity index is 1.78. The topological polar surface area (TPSA) is 71.5 Å². The van der Waals surface area contributed by atoms with Crippen molar-refractivity contribution in [2.24, 2.45) is 0 Å². The van der Waals surface area contributed by atoms with Crippen molar-refractivity contribution < 1.29 is 27.5 Å². The Morgan fingerprint density at radius 1 is 1.29 bits per heavy atom. The van der Waals surface area contributed by atoms with E-state index in [1.165, 1.54) is 12.1 Å². The molecular formula is C18H18F3N3O3S. The van der Waals surface area contributed by atoms with Crippen LogP contribution in [0.1, 0.15) is 48.0 Å². The van der Waals surface area contributed by atoms with Crippen LogP contribution in [0, 0.1) is 0 Å². The molecule has 1 N–H and O–H groups in total. The average Bonchev–Trinajstić information content (AvgIpc) is 3.21. The molecular weight excluding hydrogens is 395 g/mol. The van der Waals surface area contributed by atoms with Crippen LogP contribution < -0.4 is 15.0 Å². The zero-order chi connectivity index (χ0) is 20.5. The molecule has 0 bridgehead atoms. The van der Waals surface area contributed by atoms with Crippen LogP contribution in [-0.4, -0.2) is 29.7 Å². The number of halogens is 3. The molecule has 2 heterocycles. The molecule has 3 rings (SSSR count). The minimum Gasteiger partial charge on any atom is -0.406 e. The van der Waals surface area contributed by atoms with Gasteiger partial charge in [-0.2, -0.15) is 0 Å². The van der Waals surface area contributed by atoms with Crippen LogP contribution >= 0.6 is 11.3 Å². The second-order valence-corrected chi connectivity index (χ2v) is 7.52. The molecule has 1 saturated heterocycles. The minimum absolute atomic E-state index is 0.0173. The van der Waals surface area contributed by atoms with Gasteiger partial charge in [0.15, 0.2) is 5.13 Å². The van der Waals surface area contributed by atoms with E-state index in [-0.39, 0.29) is 17.6 Å². The van der Waals surface area contributed by atoms with E-state index in [1.807, 2.05) is 13.8 Å². The van der Waals surface area contributed by atoms with Crippen molar-refractivity contribution in [2.75, 3.05) is 16.8 Å². The molecule has 1 aromatic heterocycles. The molecule has 1 aliphatic rings. The maximum atomic E-state index is 12.7. The molecule has 6 nitrogen and oxygen atoms in total.